The SMILES string of the molecule is OC1(c2cc3c(c(Cl)c2F)OCCO3)CC1. The van der Waals surface area contributed by atoms with E-state index in [-0.39, 0.29) is 16.3 Å². The van der Waals surface area contributed by atoms with E-state index >= 15 is 0 Å². The van der Waals surface area contributed by atoms with Gasteiger partial charge in [0.25, 0.3) is 0 Å². The number of rotatable bonds is 1. The Labute approximate surface area is 96.7 Å². The van der Waals surface area contributed by atoms with Crippen LogP contribution < -0.4 is 9.47 Å². The second-order valence-corrected chi connectivity index (χ2v) is 4.49. The van der Waals surface area contributed by atoms with E-state index in [1.165, 1.54) is 6.07 Å². The highest BCUT2D eigenvalue weighted by atomic mass is 35.5. The summed E-state index contributed by atoms with van der Waals surface area (Å²) in [6, 6.07) is 1.49. The quantitative estimate of drug-likeness (QED) is 0.823. The molecule has 0 amide bonds. The molecule has 2 aliphatic rings. The number of halogens is 2. The van der Waals surface area contributed by atoms with Gasteiger partial charge in [-0.15, -0.1) is 0 Å². The van der Waals surface area contributed by atoms with Crippen LogP contribution in [0, 0.1) is 5.82 Å². The Morgan fingerprint density at radius 1 is 1.31 bits per heavy atom. The third-order valence-corrected chi connectivity index (χ3v) is 3.28. The maximum absolute atomic E-state index is 13.9. The molecule has 0 unspecified atom stereocenters. The summed E-state index contributed by atoms with van der Waals surface area (Å²) in [7, 11) is 0. The Morgan fingerprint density at radius 2 is 2.00 bits per heavy atom. The zero-order valence-corrected chi connectivity index (χ0v) is 9.18. The summed E-state index contributed by atoms with van der Waals surface area (Å²) in [4.78, 5) is 0. The largest absolute Gasteiger partial charge is 0.486 e. The Balaban J connectivity index is 2.17. The molecular formula is C11H10ClFO3. The first-order valence-corrected chi connectivity index (χ1v) is 5.50. The zero-order valence-electron chi connectivity index (χ0n) is 8.43. The minimum atomic E-state index is -1.07. The normalized spacial score (nSPS) is 20.7. The van der Waals surface area contributed by atoms with Crippen molar-refractivity contribution < 1.29 is 19.0 Å². The summed E-state index contributed by atoms with van der Waals surface area (Å²) in [5.41, 5.74) is -0.856. The third-order valence-electron chi connectivity index (χ3n) is 2.94. The van der Waals surface area contributed by atoms with E-state index in [4.69, 9.17) is 21.1 Å². The molecule has 1 fully saturated rings. The maximum atomic E-state index is 13.9. The molecule has 5 heteroatoms. The number of hydrogen-bond acceptors (Lipinski definition) is 3. The molecule has 1 saturated carbocycles. The molecule has 3 rings (SSSR count). The summed E-state index contributed by atoms with van der Waals surface area (Å²) in [6.07, 6.45) is 1.11. The smallest absolute Gasteiger partial charge is 0.182 e. The Kier molecular flexibility index (Phi) is 2.06. The van der Waals surface area contributed by atoms with Crippen LogP contribution in [-0.2, 0) is 5.60 Å². The number of aliphatic hydroxyl groups is 1. The molecule has 0 saturated heterocycles. The molecule has 1 N–H and O–H groups in total. The number of fused-ring (bicyclic) bond motifs is 1. The lowest BCUT2D eigenvalue weighted by Gasteiger charge is -2.22. The fourth-order valence-corrected chi connectivity index (χ4v) is 2.10. The van der Waals surface area contributed by atoms with E-state index in [9.17, 15) is 9.50 Å². The first-order chi connectivity index (χ1) is 7.62. The number of benzene rings is 1. The Hall–Kier alpha value is -1.00. The molecule has 86 valence electrons. The van der Waals surface area contributed by atoms with Crippen LogP contribution in [0.15, 0.2) is 6.07 Å². The molecule has 0 radical (unpaired) electrons. The lowest BCUT2D eigenvalue weighted by molar-refractivity contribution is 0.142. The van der Waals surface area contributed by atoms with Crippen molar-refractivity contribution in [2.45, 2.75) is 18.4 Å². The van der Waals surface area contributed by atoms with Gasteiger partial charge in [0.05, 0.1) is 5.60 Å². The van der Waals surface area contributed by atoms with Crippen molar-refractivity contribution in [1.82, 2.24) is 0 Å². The highest BCUT2D eigenvalue weighted by Gasteiger charge is 2.45. The molecule has 0 bridgehead atoms. The molecule has 1 aliphatic carbocycles. The van der Waals surface area contributed by atoms with E-state index in [2.05, 4.69) is 0 Å². The van der Waals surface area contributed by atoms with E-state index in [0.717, 1.165) is 0 Å². The van der Waals surface area contributed by atoms with Crippen LogP contribution >= 0.6 is 11.6 Å². The van der Waals surface area contributed by atoms with Gasteiger partial charge in [0.2, 0.25) is 0 Å². The average Bonchev–Trinajstić information content (AvgIpc) is 3.03. The molecule has 0 atom stereocenters. The lowest BCUT2D eigenvalue weighted by Crippen LogP contribution is -2.18. The minimum Gasteiger partial charge on any atom is -0.486 e. The van der Waals surface area contributed by atoms with Gasteiger partial charge in [0.1, 0.15) is 18.2 Å². The summed E-state index contributed by atoms with van der Waals surface area (Å²) in [5.74, 6) is 0.0392. The molecule has 1 heterocycles. The highest BCUT2D eigenvalue weighted by Crippen LogP contribution is 2.51. The summed E-state index contributed by atoms with van der Waals surface area (Å²) in [6.45, 7) is 0.766. The Bertz CT molecular complexity index is 457. The van der Waals surface area contributed by atoms with Gasteiger partial charge in [-0.25, -0.2) is 4.39 Å². The molecule has 1 aliphatic heterocycles. The number of hydrogen-bond donors (Lipinski definition) is 1. The second-order valence-electron chi connectivity index (χ2n) is 4.11. The molecule has 16 heavy (non-hydrogen) atoms. The standard InChI is InChI=1S/C11H10ClFO3/c12-8-9(13)6(11(14)1-2-11)5-7-10(8)16-4-3-15-7/h5,14H,1-4H2. The van der Waals surface area contributed by atoms with Gasteiger partial charge in [-0.2, -0.15) is 0 Å². The topological polar surface area (TPSA) is 38.7 Å². The van der Waals surface area contributed by atoms with Crippen LogP contribution in [0.5, 0.6) is 11.5 Å². The first kappa shape index (κ1) is 10.2. The van der Waals surface area contributed by atoms with Crippen LogP contribution in [-0.4, -0.2) is 18.3 Å². The molecular weight excluding hydrogens is 235 g/mol. The van der Waals surface area contributed by atoms with Crippen molar-refractivity contribution in [3.63, 3.8) is 0 Å². The zero-order chi connectivity index (χ0) is 11.3. The van der Waals surface area contributed by atoms with Crippen LogP contribution in [0.1, 0.15) is 18.4 Å². The fraction of sp³-hybridized carbons (Fsp3) is 0.455. The molecule has 1 aromatic carbocycles. The molecule has 1 aromatic rings. The van der Waals surface area contributed by atoms with Crippen molar-refractivity contribution in [1.29, 1.82) is 0 Å². The lowest BCUT2D eigenvalue weighted by atomic mass is 10.1. The second kappa shape index (κ2) is 3.25. The monoisotopic (exact) mass is 244 g/mol. The average molecular weight is 245 g/mol. The fourth-order valence-electron chi connectivity index (χ4n) is 1.85. The Morgan fingerprint density at radius 3 is 2.69 bits per heavy atom. The third kappa shape index (κ3) is 1.37. The highest BCUT2D eigenvalue weighted by molar-refractivity contribution is 6.32. The van der Waals surface area contributed by atoms with Crippen LogP contribution in [0.25, 0.3) is 0 Å². The van der Waals surface area contributed by atoms with Crippen LogP contribution in [0.3, 0.4) is 0 Å². The van der Waals surface area contributed by atoms with Gasteiger partial charge < -0.3 is 14.6 Å². The summed E-state index contributed by atoms with van der Waals surface area (Å²) < 4.78 is 24.5. The van der Waals surface area contributed by atoms with Gasteiger partial charge >= 0.3 is 0 Å². The van der Waals surface area contributed by atoms with Crippen molar-refractivity contribution in [3.05, 3.63) is 22.5 Å². The van der Waals surface area contributed by atoms with Crippen molar-refractivity contribution in [3.8, 4) is 11.5 Å². The minimum absolute atomic E-state index is 0.104. The van der Waals surface area contributed by atoms with Gasteiger partial charge in [0.15, 0.2) is 17.3 Å². The molecule has 0 aromatic heterocycles. The van der Waals surface area contributed by atoms with E-state index in [0.29, 0.717) is 31.8 Å². The van der Waals surface area contributed by atoms with Crippen molar-refractivity contribution in [2.24, 2.45) is 0 Å². The summed E-state index contributed by atoms with van der Waals surface area (Å²) in [5, 5.41) is 9.81. The summed E-state index contributed by atoms with van der Waals surface area (Å²) >= 11 is 5.86. The molecule has 3 nitrogen and oxygen atoms in total. The van der Waals surface area contributed by atoms with Gasteiger partial charge in [-0.3, -0.25) is 0 Å². The van der Waals surface area contributed by atoms with Crippen molar-refractivity contribution >= 4 is 11.6 Å². The van der Waals surface area contributed by atoms with Crippen LogP contribution in [0.2, 0.25) is 5.02 Å². The van der Waals surface area contributed by atoms with Crippen molar-refractivity contribution in [2.75, 3.05) is 13.2 Å². The predicted octanol–water partition coefficient (Wildman–Crippen LogP) is 2.23. The first-order valence-electron chi connectivity index (χ1n) is 5.12. The van der Waals surface area contributed by atoms with E-state index in [1.807, 2.05) is 0 Å². The van der Waals surface area contributed by atoms with Gasteiger partial charge in [-0.1, -0.05) is 11.6 Å². The van der Waals surface area contributed by atoms with E-state index < -0.39 is 11.4 Å². The van der Waals surface area contributed by atoms with Crippen LogP contribution in [0.4, 0.5) is 4.39 Å². The van der Waals surface area contributed by atoms with E-state index in [1.54, 1.807) is 0 Å². The molecule has 0 spiro atoms. The predicted molar refractivity (Wildman–Crippen MR) is 55.5 cm³/mol. The van der Waals surface area contributed by atoms with Gasteiger partial charge in [-0.05, 0) is 18.9 Å². The maximum Gasteiger partial charge on any atom is 0.182 e. The van der Waals surface area contributed by atoms with Gasteiger partial charge in [0, 0.05) is 5.56 Å². The number of ether oxygens (including phenoxy) is 2.